The van der Waals surface area contributed by atoms with Gasteiger partial charge in [0.15, 0.2) is 0 Å². The minimum absolute atomic E-state index is 0.0872. The van der Waals surface area contributed by atoms with Crippen molar-refractivity contribution in [1.82, 2.24) is 0 Å². The van der Waals surface area contributed by atoms with Crippen LogP contribution >= 0.6 is 0 Å². The van der Waals surface area contributed by atoms with Crippen molar-refractivity contribution < 1.29 is 5.21 Å². The van der Waals surface area contributed by atoms with Crippen molar-refractivity contribution in [3.63, 3.8) is 0 Å². The molecule has 0 bridgehead atoms. The monoisotopic (exact) mass is 191 g/mol. The molecule has 0 heterocycles. The van der Waals surface area contributed by atoms with E-state index in [9.17, 15) is 0 Å². The summed E-state index contributed by atoms with van der Waals surface area (Å²) in [4.78, 5) is 0. The van der Waals surface area contributed by atoms with Crippen LogP contribution in [0.1, 0.15) is 26.3 Å². The molecular weight excluding hydrogens is 174 g/mol. The molecule has 0 fully saturated rings. The van der Waals surface area contributed by atoms with Gasteiger partial charge in [0, 0.05) is 5.41 Å². The normalized spacial score (nSPS) is 12.9. The Hall–Kier alpha value is -1.31. The van der Waals surface area contributed by atoms with E-state index < -0.39 is 0 Å². The van der Waals surface area contributed by atoms with Crippen LogP contribution in [0, 0.1) is 5.41 Å². The molecule has 0 aliphatic carbocycles. The summed E-state index contributed by atoms with van der Waals surface area (Å²) < 4.78 is 0. The Morgan fingerprint density at radius 2 is 1.86 bits per heavy atom. The maximum Gasteiger partial charge on any atom is 0.0599 e. The summed E-state index contributed by atoms with van der Waals surface area (Å²) >= 11 is 0. The molecule has 0 aliphatic rings. The van der Waals surface area contributed by atoms with Crippen LogP contribution in [0.5, 0.6) is 0 Å². The second-order valence-corrected chi connectivity index (χ2v) is 4.23. The van der Waals surface area contributed by atoms with Gasteiger partial charge in [-0.05, 0) is 18.9 Å². The standard InChI is InChI=1S/C12H17NO/c1-10(13-14)12(2,3)9-11-7-5-4-6-8-11/h4-8,14H,9H2,1-3H3/b13-10+. The fraction of sp³-hybridized carbons (Fsp3) is 0.417. The van der Waals surface area contributed by atoms with E-state index in [0.29, 0.717) is 0 Å². The van der Waals surface area contributed by atoms with E-state index in [2.05, 4.69) is 31.1 Å². The number of hydrogen-bond donors (Lipinski definition) is 1. The summed E-state index contributed by atoms with van der Waals surface area (Å²) in [6.07, 6.45) is 0.893. The predicted molar refractivity (Wildman–Crippen MR) is 58.8 cm³/mol. The molecule has 2 nitrogen and oxygen atoms in total. The molecule has 14 heavy (non-hydrogen) atoms. The SMILES string of the molecule is C/C(=N\O)C(C)(C)Cc1ccccc1. The Labute approximate surface area is 85.3 Å². The highest BCUT2D eigenvalue weighted by atomic mass is 16.4. The fourth-order valence-electron chi connectivity index (χ4n) is 1.37. The summed E-state index contributed by atoms with van der Waals surface area (Å²) in [7, 11) is 0. The van der Waals surface area contributed by atoms with Gasteiger partial charge in [0.2, 0.25) is 0 Å². The molecule has 0 saturated carbocycles. The van der Waals surface area contributed by atoms with Crippen molar-refractivity contribution in [3.8, 4) is 0 Å². The third-order valence-electron chi connectivity index (χ3n) is 2.62. The lowest BCUT2D eigenvalue weighted by atomic mass is 9.82. The maximum atomic E-state index is 8.74. The molecular formula is C12H17NO. The Morgan fingerprint density at radius 3 is 2.36 bits per heavy atom. The zero-order valence-electron chi connectivity index (χ0n) is 8.99. The molecule has 0 unspecified atom stereocenters. The molecule has 0 aromatic heterocycles. The third-order valence-corrected chi connectivity index (χ3v) is 2.62. The number of oxime groups is 1. The molecule has 1 aromatic carbocycles. The van der Waals surface area contributed by atoms with E-state index in [-0.39, 0.29) is 5.41 Å². The lowest BCUT2D eigenvalue weighted by Crippen LogP contribution is -2.24. The van der Waals surface area contributed by atoms with Crippen LogP contribution in [0.4, 0.5) is 0 Å². The highest BCUT2D eigenvalue weighted by Crippen LogP contribution is 2.23. The zero-order valence-corrected chi connectivity index (χ0v) is 8.99. The molecule has 0 radical (unpaired) electrons. The van der Waals surface area contributed by atoms with E-state index in [0.717, 1.165) is 12.1 Å². The molecule has 1 N–H and O–H groups in total. The largest absolute Gasteiger partial charge is 0.411 e. The van der Waals surface area contributed by atoms with Crippen LogP contribution in [0.25, 0.3) is 0 Å². The number of benzene rings is 1. The summed E-state index contributed by atoms with van der Waals surface area (Å²) in [6.45, 7) is 6.01. The Balaban J connectivity index is 2.79. The van der Waals surface area contributed by atoms with E-state index in [4.69, 9.17) is 5.21 Å². The average Bonchev–Trinajstić information content (AvgIpc) is 2.17. The van der Waals surface area contributed by atoms with Gasteiger partial charge in [-0.1, -0.05) is 49.3 Å². The first kappa shape index (κ1) is 10.8. The number of hydrogen-bond acceptors (Lipinski definition) is 2. The second-order valence-electron chi connectivity index (χ2n) is 4.23. The highest BCUT2D eigenvalue weighted by Gasteiger charge is 2.22. The van der Waals surface area contributed by atoms with Crippen molar-refractivity contribution in [2.75, 3.05) is 0 Å². The minimum atomic E-state index is -0.0872. The minimum Gasteiger partial charge on any atom is -0.411 e. The summed E-state index contributed by atoms with van der Waals surface area (Å²) in [5.74, 6) is 0. The predicted octanol–water partition coefficient (Wildman–Crippen LogP) is 3.11. The first-order valence-electron chi connectivity index (χ1n) is 4.79. The fourth-order valence-corrected chi connectivity index (χ4v) is 1.37. The Kier molecular flexibility index (Phi) is 3.28. The zero-order chi connectivity index (χ0) is 10.6. The Morgan fingerprint density at radius 1 is 1.29 bits per heavy atom. The van der Waals surface area contributed by atoms with Crippen molar-refractivity contribution in [2.24, 2.45) is 10.6 Å². The quantitative estimate of drug-likeness (QED) is 0.444. The maximum absolute atomic E-state index is 8.74. The van der Waals surface area contributed by atoms with Gasteiger partial charge in [0.25, 0.3) is 0 Å². The molecule has 0 spiro atoms. The molecule has 2 heteroatoms. The molecule has 0 amide bonds. The third kappa shape index (κ3) is 2.59. The summed E-state index contributed by atoms with van der Waals surface area (Å²) in [5.41, 5.74) is 1.94. The van der Waals surface area contributed by atoms with Crippen LogP contribution in [-0.4, -0.2) is 10.9 Å². The van der Waals surface area contributed by atoms with E-state index in [1.165, 1.54) is 5.56 Å². The van der Waals surface area contributed by atoms with E-state index >= 15 is 0 Å². The van der Waals surface area contributed by atoms with Crippen molar-refractivity contribution in [3.05, 3.63) is 35.9 Å². The number of rotatable bonds is 3. The van der Waals surface area contributed by atoms with Gasteiger partial charge in [-0.2, -0.15) is 0 Å². The molecule has 0 aliphatic heterocycles. The molecule has 1 aromatic rings. The first-order valence-corrected chi connectivity index (χ1v) is 4.79. The van der Waals surface area contributed by atoms with E-state index in [1.54, 1.807) is 0 Å². The van der Waals surface area contributed by atoms with Gasteiger partial charge < -0.3 is 5.21 Å². The van der Waals surface area contributed by atoms with Gasteiger partial charge in [0.05, 0.1) is 5.71 Å². The van der Waals surface area contributed by atoms with E-state index in [1.807, 2.05) is 25.1 Å². The van der Waals surface area contributed by atoms with Crippen LogP contribution in [0.15, 0.2) is 35.5 Å². The van der Waals surface area contributed by atoms with Crippen LogP contribution in [0.2, 0.25) is 0 Å². The van der Waals surface area contributed by atoms with Gasteiger partial charge in [0.1, 0.15) is 0 Å². The Bertz CT molecular complexity index is 314. The first-order chi connectivity index (χ1) is 6.56. The van der Waals surface area contributed by atoms with Crippen LogP contribution in [0.3, 0.4) is 0 Å². The molecule has 0 saturated heterocycles. The smallest absolute Gasteiger partial charge is 0.0599 e. The lowest BCUT2D eigenvalue weighted by Gasteiger charge is -2.23. The molecule has 76 valence electrons. The van der Waals surface area contributed by atoms with Gasteiger partial charge in [-0.25, -0.2) is 0 Å². The van der Waals surface area contributed by atoms with Crippen LogP contribution in [-0.2, 0) is 6.42 Å². The topological polar surface area (TPSA) is 32.6 Å². The average molecular weight is 191 g/mol. The number of nitrogens with zero attached hydrogens (tertiary/aromatic N) is 1. The van der Waals surface area contributed by atoms with Crippen molar-refractivity contribution >= 4 is 5.71 Å². The summed E-state index contributed by atoms with van der Waals surface area (Å²) in [6, 6.07) is 10.2. The van der Waals surface area contributed by atoms with Crippen molar-refractivity contribution in [2.45, 2.75) is 27.2 Å². The van der Waals surface area contributed by atoms with Gasteiger partial charge in [-0.15, -0.1) is 0 Å². The van der Waals surface area contributed by atoms with Crippen molar-refractivity contribution in [1.29, 1.82) is 0 Å². The van der Waals surface area contributed by atoms with Gasteiger partial charge >= 0.3 is 0 Å². The highest BCUT2D eigenvalue weighted by molar-refractivity contribution is 5.86. The second kappa shape index (κ2) is 4.27. The van der Waals surface area contributed by atoms with Gasteiger partial charge in [-0.3, -0.25) is 0 Å². The summed E-state index contributed by atoms with van der Waals surface area (Å²) in [5, 5.41) is 12.0. The molecule has 0 atom stereocenters. The lowest BCUT2D eigenvalue weighted by molar-refractivity contribution is 0.308. The van der Waals surface area contributed by atoms with Crippen LogP contribution < -0.4 is 0 Å². The molecule has 1 rings (SSSR count).